The molecule has 192 valence electrons. The molecule has 37 heavy (non-hydrogen) atoms. The Bertz CT molecular complexity index is 1260. The summed E-state index contributed by atoms with van der Waals surface area (Å²) < 4.78 is 17.1. The fourth-order valence-electron chi connectivity index (χ4n) is 4.41. The molecular weight excluding hydrogens is 470 g/mol. The zero-order valence-electron chi connectivity index (χ0n) is 21.1. The Morgan fingerprint density at radius 3 is 2.30 bits per heavy atom. The van der Waals surface area contributed by atoms with Crippen LogP contribution in [0.5, 0.6) is 11.5 Å². The first-order valence-electron chi connectivity index (χ1n) is 12.3. The summed E-state index contributed by atoms with van der Waals surface area (Å²) in [5.41, 5.74) is 2.18. The van der Waals surface area contributed by atoms with Crippen molar-refractivity contribution in [2.45, 2.75) is 26.0 Å². The van der Waals surface area contributed by atoms with E-state index in [9.17, 15) is 14.7 Å². The second-order valence-corrected chi connectivity index (χ2v) is 8.62. The highest BCUT2D eigenvalue weighted by Crippen LogP contribution is 2.42. The lowest BCUT2D eigenvalue weighted by atomic mass is 9.95. The number of benzene rings is 3. The quantitative estimate of drug-likeness (QED) is 0.170. The summed E-state index contributed by atoms with van der Waals surface area (Å²) in [6.45, 7) is 3.38. The molecule has 1 amide bonds. The predicted molar refractivity (Wildman–Crippen MR) is 140 cm³/mol. The summed E-state index contributed by atoms with van der Waals surface area (Å²) in [5, 5.41) is 11.2. The highest BCUT2D eigenvalue weighted by atomic mass is 16.5. The number of hydrogen-bond acceptors (Lipinski definition) is 6. The maximum atomic E-state index is 13.2. The number of nitrogens with zero attached hydrogens (tertiary/aromatic N) is 1. The maximum absolute atomic E-state index is 13.2. The number of hydrogen-bond donors (Lipinski definition) is 1. The lowest BCUT2D eigenvalue weighted by molar-refractivity contribution is -0.140. The molecule has 3 aromatic carbocycles. The van der Waals surface area contributed by atoms with Crippen LogP contribution in [0.25, 0.3) is 5.76 Å². The number of carbonyl (C=O) groups excluding carboxylic acids is 2. The standard InChI is InChI=1S/C30H31NO6/c1-3-36-25-19-23(15-16-24(25)37-20-21-11-6-4-7-12-21)27-26(28(32)22-13-8-5-9-14-22)29(33)30(34)31(27)17-10-18-35-2/h4-9,11-16,19,27,32H,3,10,17-18,20H2,1-2H3/b28-26+. The van der Waals surface area contributed by atoms with Gasteiger partial charge < -0.3 is 24.2 Å². The summed E-state index contributed by atoms with van der Waals surface area (Å²) in [6, 6.07) is 23.2. The third kappa shape index (κ3) is 5.84. The zero-order chi connectivity index (χ0) is 26.2. The smallest absolute Gasteiger partial charge is 0.295 e. The fraction of sp³-hybridized carbons (Fsp3) is 0.267. The van der Waals surface area contributed by atoms with E-state index in [-0.39, 0.29) is 11.3 Å². The first-order valence-corrected chi connectivity index (χ1v) is 12.3. The molecule has 1 fully saturated rings. The number of likely N-dealkylation sites (tertiary alicyclic amines) is 1. The van der Waals surface area contributed by atoms with E-state index in [0.717, 1.165) is 5.56 Å². The second-order valence-electron chi connectivity index (χ2n) is 8.62. The Labute approximate surface area is 216 Å². The van der Waals surface area contributed by atoms with Crippen molar-refractivity contribution in [3.8, 4) is 11.5 Å². The minimum Gasteiger partial charge on any atom is -0.507 e. The molecule has 0 aliphatic carbocycles. The van der Waals surface area contributed by atoms with Crippen LogP contribution < -0.4 is 9.47 Å². The Morgan fingerprint density at radius 2 is 1.62 bits per heavy atom. The molecule has 1 unspecified atom stereocenters. The topological polar surface area (TPSA) is 85.3 Å². The first kappa shape index (κ1) is 26.0. The molecular formula is C30H31NO6. The molecule has 3 aromatic rings. The molecule has 1 saturated heterocycles. The number of aliphatic hydroxyl groups is 1. The largest absolute Gasteiger partial charge is 0.507 e. The van der Waals surface area contributed by atoms with Crippen LogP contribution in [0, 0.1) is 0 Å². The summed E-state index contributed by atoms with van der Waals surface area (Å²) in [5.74, 6) is -0.528. The zero-order valence-corrected chi connectivity index (χ0v) is 21.1. The Kier molecular flexibility index (Phi) is 8.59. The van der Waals surface area contributed by atoms with Crippen molar-refractivity contribution < 1.29 is 28.9 Å². The van der Waals surface area contributed by atoms with Gasteiger partial charge in [-0.3, -0.25) is 9.59 Å². The average molecular weight is 502 g/mol. The van der Waals surface area contributed by atoms with Crippen LogP contribution in [-0.4, -0.2) is 48.6 Å². The SMILES string of the molecule is CCOc1cc(C2/C(=C(\O)c3ccccc3)C(=O)C(=O)N2CCCOC)ccc1OCc1ccccc1. The van der Waals surface area contributed by atoms with Gasteiger partial charge in [0.2, 0.25) is 0 Å². The Hall–Kier alpha value is -4.10. The van der Waals surface area contributed by atoms with Gasteiger partial charge in [-0.15, -0.1) is 0 Å². The minimum absolute atomic E-state index is 0.0500. The fourth-order valence-corrected chi connectivity index (χ4v) is 4.41. The molecule has 4 rings (SSSR count). The lowest BCUT2D eigenvalue weighted by Gasteiger charge is -2.26. The van der Waals surface area contributed by atoms with Crippen molar-refractivity contribution in [2.24, 2.45) is 0 Å². The van der Waals surface area contributed by atoms with Gasteiger partial charge in [0, 0.05) is 25.8 Å². The number of aliphatic hydroxyl groups excluding tert-OH is 1. The number of carbonyl (C=O) groups is 2. The van der Waals surface area contributed by atoms with Gasteiger partial charge in [0.05, 0.1) is 18.2 Å². The summed E-state index contributed by atoms with van der Waals surface area (Å²) in [6.07, 6.45) is 0.544. The molecule has 0 aromatic heterocycles. The third-order valence-corrected chi connectivity index (χ3v) is 6.16. The summed E-state index contributed by atoms with van der Waals surface area (Å²) >= 11 is 0. The lowest BCUT2D eigenvalue weighted by Crippen LogP contribution is -2.31. The predicted octanol–water partition coefficient (Wildman–Crippen LogP) is 5.12. The van der Waals surface area contributed by atoms with E-state index in [4.69, 9.17) is 14.2 Å². The van der Waals surface area contributed by atoms with Gasteiger partial charge in [0.1, 0.15) is 12.4 Å². The van der Waals surface area contributed by atoms with Gasteiger partial charge in [0.15, 0.2) is 11.5 Å². The van der Waals surface area contributed by atoms with E-state index in [1.807, 2.05) is 43.3 Å². The van der Waals surface area contributed by atoms with E-state index in [1.54, 1.807) is 49.6 Å². The van der Waals surface area contributed by atoms with Crippen molar-refractivity contribution in [3.05, 3.63) is 101 Å². The molecule has 1 aliphatic rings. The normalized spacial score (nSPS) is 16.7. The van der Waals surface area contributed by atoms with Gasteiger partial charge in [-0.2, -0.15) is 0 Å². The van der Waals surface area contributed by atoms with Crippen LogP contribution >= 0.6 is 0 Å². The van der Waals surface area contributed by atoms with Crippen molar-refractivity contribution in [1.29, 1.82) is 0 Å². The summed E-state index contributed by atoms with van der Waals surface area (Å²) in [7, 11) is 1.59. The van der Waals surface area contributed by atoms with Crippen LogP contribution in [0.3, 0.4) is 0 Å². The van der Waals surface area contributed by atoms with Gasteiger partial charge in [0.25, 0.3) is 11.7 Å². The molecule has 7 heteroatoms. The molecule has 0 spiro atoms. The third-order valence-electron chi connectivity index (χ3n) is 6.16. The molecule has 1 heterocycles. The van der Waals surface area contributed by atoms with Gasteiger partial charge in [-0.05, 0) is 36.6 Å². The van der Waals surface area contributed by atoms with E-state index >= 15 is 0 Å². The number of ketones is 1. The van der Waals surface area contributed by atoms with Crippen LogP contribution in [0.15, 0.2) is 84.4 Å². The highest BCUT2D eigenvalue weighted by molar-refractivity contribution is 6.46. The van der Waals surface area contributed by atoms with Gasteiger partial charge >= 0.3 is 0 Å². The minimum atomic E-state index is -0.778. The number of ether oxygens (including phenoxy) is 3. The number of Topliss-reactive ketones (excluding diaryl/α,β-unsaturated/α-hetero) is 1. The molecule has 0 saturated carbocycles. The number of rotatable bonds is 11. The maximum Gasteiger partial charge on any atom is 0.295 e. The van der Waals surface area contributed by atoms with Crippen LogP contribution in [-0.2, 0) is 20.9 Å². The number of amides is 1. The van der Waals surface area contributed by atoms with Crippen molar-refractivity contribution in [2.75, 3.05) is 26.9 Å². The van der Waals surface area contributed by atoms with E-state index in [0.29, 0.717) is 55.4 Å². The van der Waals surface area contributed by atoms with Crippen molar-refractivity contribution >= 4 is 17.4 Å². The molecule has 0 radical (unpaired) electrons. The van der Waals surface area contributed by atoms with Crippen LogP contribution in [0.2, 0.25) is 0 Å². The van der Waals surface area contributed by atoms with Gasteiger partial charge in [-0.1, -0.05) is 66.7 Å². The molecule has 0 bridgehead atoms. The average Bonchev–Trinajstić information content (AvgIpc) is 3.18. The number of methoxy groups -OCH3 is 1. The van der Waals surface area contributed by atoms with Crippen LogP contribution in [0.4, 0.5) is 0 Å². The Morgan fingerprint density at radius 1 is 0.919 bits per heavy atom. The first-order chi connectivity index (χ1) is 18.0. The second kappa shape index (κ2) is 12.2. The van der Waals surface area contributed by atoms with Crippen LogP contribution in [0.1, 0.15) is 36.1 Å². The van der Waals surface area contributed by atoms with E-state index in [2.05, 4.69) is 0 Å². The molecule has 1 N–H and O–H groups in total. The van der Waals surface area contributed by atoms with Crippen molar-refractivity contribution in [3.63, 3.8) is 0 Å². The summed E-state index contributed by atoms with van der Waals surface area (Å²) in [4.78, 5) is 27.8. The molecule has 1 aliphatic heterocycles. The van der Waals surface area contributed by atoms with Gasteiger partial charge in [-0.25, -0.2) is 0 Å². The highest BCUT2D eigenvalue weighted by Gasteiger charge is 2.46. The Balaban J connectivity index is 1.75. The monoisotopic (exact) mass is 501 g/mol. The molecule has 1 atom stereocenters. The van der Waals surface area contributed by atoms with E-state index < -0.39 is 17.7 Å². The molecule has 7 nitrogen and oxygen atoms in total. The van der Waals surface area contributed by atoms with Crippen molar-refractivity contribution in [1.82, 2.24) is 4.90 Å². The van der Waals surface area contributed by atoms with E-state index in [1.165, 1.54) is 4.90 Å².